The zero-order chi connectivity index (χ0) is 24.6. The number of hydrogen-bond acceptors (Lipinski definition) is 4. The fourth-order valence-corrected chi connectivity index (χ4v) is 5.44. The van der Waals surface area contributed by atoms with Crippen molar-refractivity contribution in [2.24, 2.45) is 0 Å². The van der Waals surface area contributed by atoms with Gasteiger partial charge in [0.15, 0.2) is 0 Å². The monoisotopic (exact) mass is 481 g/mol. The van der Waals surface area contributed by atoms with Gasteiger partial charge in [-0.05, 0) is 60.7 Å². The van der Waals surface area contributed by atoms with Crippen LogP contribution in [0.5, 0.6) is 0 Å². The molecule has 1 fully saturated rings. The third-order valence-electron chi connectivity index (χ3n) is 7.31. The van der Waals surface area contributed by atoms with Gasteiger partial charge in [0.2, 0.25) is 0 Å². The lowest BCUT2D eigenvalue weighted by Gasteiger charge is -2.34. The molecule has 7 heteroatoms. The van der Waals surface area contributed by atoms with Crippen LogP contribution in [0, 0.1) is 0 Å². The minimum absolute atomic E-state index is 0.214. The molecule has 184 valence electrons. The van der Waals surface area contributed by atoms with Crippen LogP contribution in [0.2, 0.25) is 0 Å². The lowest BCUT2D eigenvalue weighted by molar-refractivity contribution is -0.137. The molecule has 0 spiro atoms. The number of pyridine rings is 1. The van der Waals surface area contributed by atoms with Crippen LogP contribution >= 0.6 is 0 Å². The van der Waals surface area contributed by atoms with E-state index in [0.717, 1.165) is 54.3 Å². The molecule has 0 radical (unpaired) electrons. The van der Waals surface area contributed by atoms with Crippen molar-refractivity contribution in [2.75, 3.05) is 17.3 Å². The summed E-state index contributed by atoms with van der Waals surface area (Å²) in [6, 6.07) is 13.9. The second-order valence-corrected chi connectivity index (χ2v) is 9.69. The summed E-state index contributed by atoms with van der Waals surface area (Å²) in [5.41, 5.74) is 5.18. The lowest BCUT2D eigenvalue weighted by atomic mass is 9.93. The van der Waals surface area contributed by atoms with Crippen molar-refractivity contribution in [1.82, 2.24) is 4.98 Å². The van der Waals surface area contributed by atoms with Crippen molar-refractivity contribution in [3.8, 4) is 11.3 Å². The third kappa shape index (κ3) is 5.01. The zero-order valence-electron chi connectivity index (χ0n) is 19.8. The van der Waals surface area contributed by atoms with Gasteiger partial charge in [0, 0.05) is 48.3 Å². The molecule has 1 heterocycles. The van der Waals surface area contributed by atoms with E-state index in [1.807, 2.05) is 42.3 Å². The number of aromatic nitrogens is 1. The Bertz CT molecular complexity index is 1200. The summed E-state index contributed by atoms with van der Waals surface area (Å²) in [5.74, 6) is 0. The summed E-state index contributed by atoms with van der Waals surface area (Å²) >= 11 is 0. The molecule has 3 aromatic rings. The molecule has 0 aliphatic heterocycles. The number of aliphatic hydroxyl groups excluding tert-OH is 1. The molecule has 5 rings (SSSR count). The number of aliphatic hydroxyl groups is 1. The van der Waals surface area contributed by atoms with Crippen molar-refractivity contribution in [3.05, 3.63) is 71.4 Å². The standard InChI is InChI=1S/C28H30F3N3O/c1-34(21-7-3-2-4-8-21)27-15-19(28(29,30)31)10-11-23(27)26-16-20(12-13-32-26)33-25-9-5-6-18-14-22(35)17-24(18)25/h5-6,9-13,15-16,21-22,35H,2-4,7-8,14,17H2,1H3,(H,32,33). The van der Waals surface area contributed by atoms with Crippen LogP contribution in [-0.2, 0) is 19.0 Å². The zero-order valence-corrected chi connectivity index (χ0v) is 19.8. The van der Waals surface area contributed by atoms with Gasteiger partial charge in [-0.1, -0.05) is 37.5 Å². The maximum absolute atomic E-state index is 13.6. The van der Waals surface area contributed by atoms with Crippen molar-refractivity contribution in [3.63, 3.8) is 0 Å². The van der Waals surface area contributed by atoms with Gasteiger partial charge in [-0.3, -0.25) is 4.98 Å². The molecule has 1 aromatic heterocycles. The van der Waals surface area contributed by atoms with E-state index in [1.165, 1.54) is 12.5 Å². The maximum atomic E-state index is 13.6. The normalized spacial score (nSPS) is 18.4. The van der Waals surface area contributed by atoms with Crippen molar-refractivity contribution in [2.45, 2.75) is 63.3 Å². The van der Waals surface area contributed by atoms with Crippen LogP contribution in [0.3, 0.4) is 0 Å². The third-order valence-corrected chi connectivity index (χ3v) is 7.31. The molecule has 2 aromatic carbocycles. The average molecular weight is 482 g/mol. The van der Waals surface area contributed by atoms with E-state index in [-0.39, 0.29) is 12.1 Å². The Morgan fingerprint density at radius 1 is 1.00 bits per heavy atom. The summed E-state index contributed by atoms with van der Waals surface area (Å²) in [4.78, 5) is 6.54. The largest absolute Gasteiger partial charge is 0.416 e. The van der Waals surface area contributed by atoms with Crippen molar-refractivity contribution < 1.29 is 18.3 Å². The highest BCUT2D eigenvalue weighted by Crippen LogP contribution is 2.39. The summed E-state index contributed by atoms with van der Waals surface area (Å²) < 4.78 is 40.8. The fraction of sp³-hybridized carbons (Fsp3) is 0.393. The van der Waals surface area contributed by atoms with Crippen LogP contribution in [0.1, 0.15) is 48.8 Å². The van der Waals surface area contributed by atoms with Gasteiger partial charge in [0.25, 0.3) is 0 Å². The van der Waals surface area contributed by atoms with Crippen LogP contribution in [0.15, 0.2) is 54.7 Å². The number of benzene rings is 2. The van der Waals surface area contributed by atoms with E-state index in [2.05, 4.69) is 10.3 Å². The molecular weight excluding hydrogens is 451 g/mol. The number of nitrogens with zero attached hydrogens (tertiary/aromatic N) is 2. The van der Waals surface area contributed by atoms with Gasteiger partial charge < -0.3 is 15.3 Å². The second-order valence-electron chi connectivity index (χ2n) is 9.69. The molecule has 0 bridgehead atoms. The van der Waals surface area contributed by atoms with E-state index in [1.54, 1.807) is 12.3 Å². The molecule has 0 amide bonds. The topological polar surface area (TPSA) is 48.4 Å². The van der Waals surface area contributed by atoms with Crippen molar-refractivity contribution >= 4 is 17.1 Å². The Balaban J connectivity index is 1.50. The molecule has 2 aliphatic rings. The highest BCUT2D eigenvalue weighted by atomic mass is 19.4. The first-order valence-corrected chi connectivity index (χ1v) is 12.3. The number of fused-ring (bicyclic) bond motifs is 1. The maximum Gasteiger partial charge on any atom is 0.416 e. The number of nitrogens with one attached hydrogen (secondary N) is 1. The number of halogens is 3. The molecule has 2 aliphatic carbocycles. The van der Waals surface area contributed by atoms with E-state index < -0.39 is 11.7 Å². The van der Waals surface area contributed by atoms with Gasteiger partial charge in [-0.25, -0.2) is 0 Å². The molecule has 1 saturated carbocycles. The Morgan fingerprint density at radius 3 is 2.57 bits per heavy atom. The Labute approximate surface area is 203 Å². The van der Waals surface area contributed by atoms with Crippen LogP contribution in [-0.4, -0.2) is 29.3 Å². The van der Waals surface area contributed by atoms with E-state index in [4.69, 9.17) is 0 Å². The van der Waals surface area contributed by atoms with Gasteiger partial charge in [0.1, 0.15) is 0 Å². The Morgan fingerprint density at radius 2 is 1.80 bits per heavy atom. The Hall–Kier alpha value is -3.06. The number of hydrogen-bond donors (Lipinski definition) is 2. The number of anilines is 3. The highest BCUT2D eigenvalue weighted by Gasteiger charge is 2.32. The second kappa shape index (κ2) is 9.53. The summed E-state index contributed by atoms with van der Waals surface area (Å²) in [5, 5.41) is 13.5. The summed E-state index contributed by atoms with van der Waals surface area (Å²) in [6.45, 7) is 0. The first-order chi connectivity index (χ1) is 16.8. The van der Waals surface area contributed by atoms with Gasteiger partial charge in [-0.15, -0.1) is 0 Å². The molecule has 1 atom stereocenters. The SMILES string of the molecule is CN(c1cc(C(F)(F)F)ccc1-c1cc(Nc2cccc3c2CC(O)C3)ccn1)C1CCCCC1. The van der Waals surface area contributed by atoms with Crippen LogP contribution < -0.4 is 10.2 Å². The lowest BCUT2D eigenvalue weighted by Crippen LogP contribution is -2.33. The molecule has 2 N–H and O–H groups in total. The molecule has 35 heavy (non-hydrogen) atoms. The molecule has 0 saturated heterocycles. The summed E-state index contributed by atoms with van der Waals surface area (Å²) in [6.07, 6.45) is 3.47. The van der Waals surface area contributed by atoms with E-state index in [9.17, 15) is 18.3 Å². The van der Waals surface area contributed by atoms with Gasteiger partial charge in [0.05, 0.1) is 17.4 Å². The average Bonchev–Trinajstić information content (AvgIpc) is 3.25. The number of alkyl halides is 3. The minimum Gasteiger partial charge on any atom is -0.392 e. The van der Waals surface area contributed by atoms with Crippen molar-refractivity contribution in [1.29, 1.82) is 0 Å². The summed E-state index contributed by atoms with van der Waals surface area (Å²) in [7, 11) is 1.90. The van der Waals surface area contributed by atoms with E-state index in [0.29, 0.717) is 29.8 Å². The van der Waals surface area contributed by atoms with Gasteiger partial charge in [-0.2, -0.15) is 13.2 Å². The first-order valence-electron chi connectivity index (χ1n) is 12.3. The van der Waals surface area contributed by atoms with Crippen LogP contribution in [0.25, 0.3) is 11.3 Å². The van der Waals surface area contributed by atoms with Gasteiger partial charge >= 0.3 is 6.18 Å². The quantitative estimate of drug-likeness (QED) is 0.424. The molecular formula is C28H30F3N3O. The molecule has 1 unspecified atom stereocenters. The minimum atomic E-state index is -4.41. The predicted molar refractivity (Wildman–Crippen MR) is 133 cm³/mol. The highest BCUT2D eigenvalue weighted by molar-refractivity contribution is 5.80. The fourth-order valence-electron chi connectivity index (χ4n) is 5.44. The van der Waals surface area contributed by atoms with Crippen LogP contribution in [0.4, 0.5) is 30.2 Å². The number of rotatable bonds is 5. The first kappa shape index (κ1) is 23.7. The Kier molecular flexibility index (Phi) is 6.45. The molecule has 4 nitrogen and oxygen atoms in total. The van der Waals surface area contributed by atoms with E-state index >= 15 is 0 Å². The predicted octanol–water partition coefficient (Wildman–Crippen LogP) is 6.74. The smallest absolute Gasteiger partial charge is 0.392 e.